The van der Waals surface area contributed by atoms with Crippen LogP contribution in [0.1, 0.15) is 28.5 Å². The number of rotatable bonds is 7. The highest BCUT2D eigenvalue weighted by atomic mass is 16.5. The van der Waals surface area contributed by atoms with Crippen molar-refractivity contribution in [2.24, 2.45) is 0 Å². The van der Waals surface area contributed by atoms with E-state index in [4.69, 9.17) is 9.47 Å². The molecular weight excluding hydrogens is 374 g/mol. The van der Waals surface area contributed by atoms with Crippen LogP contribution in [0, 0.1) is 6.92 Å². The third kappa shape index (κ3) is 4.78. The molecule has 2 aromatic heterocycles. The summed E-state index contributed by atoms with van der Waals surface area (Å²) in [6.07, 6.45) is 1.63. The number of nitrogens with zero attached hydrogens (tertiary/aromatic N) is 2. The monoisotopic (exact) mass is 395 g/mol. The summed E-state index contributed by atoms with van der Waals surface area (Å²) in [6, 6.07) is 11.7. The largest absolute Gasteiger partial charge is 0.493 e. The van der Waals surface area contributed by atoms with Gasteiger partial charge in [0.25, 0.3) is 11.5 Å². The zero-order valence-corrected chi connectivity index (χ0v) is 16.2. The smallest absolute Gasteiger partial charge is 0.325 e. The Kier molecular flexibility index (Phi) is 6.23. The van der Waals surface area contributed by atoms with Crippen molar-refractivity contribution < 1.29 is 19.1 Å². The van der Waals surface area contributed by atoms with Crippen LogP contribution in [0.4, 0.5) is 0 Å². The third-order valence-corrected chi connectivity index (χ3v) is 4.15. The molecule has 0 saturated carbocycles. The number of amides is 1. The fourth-order valence-corrected chi connectivity index (χ4v) is 2.77. The first-order valence-corrected chi connectivity index (χ1v) is 9.13. The van der Waals surface area contributed by atoms with E-state index < -0.39 is 11.9 Å². The van der Waals surface area contributed by atoms with E-state index in [9.17, 15) is 14.4 Å². The first kappa shape index (κ1) is 20.1. The average molecular weight is 395 g/mol. The highest BCUT2D eigenvalue weighted by Gasteiger charge is 2.14. The number of esters is 1. The Morgan fingerprint density at radius 2 is 1.97 bits per heavy atom. The van der Waals surface area contributed by atoms with E-state index in [0.717, 1.165) is 5.56 Å². The minimum Gasteiger partial charge on any atom is -0.493 e. The van der Waals surface area contributed by atoms with E-state index in [1.165, 1.54) is 10.5 Å². The van der Waals surface area contributed by atoms with Gasteiger partial charge in [-0.25, -0.2) is 4.98 Å². The number of hydrogen-bond acceptors (Lipinski definition) is 6. The van der Waals surface area contributed by atoms with E-state index in [1.807, 2.05) is 19.9 Å². The van der Waals surface area contributed by atoms with Gasteiger partial charge in [0.05, 0.1) is 17.9 Å². The van der Waals surface area contributed by atoms with E-state index in [0.29, 0.717) is 29.3 Å². The SMILES string of the molecule is CCOc1ccccc1C(=O)NCC(=O)OCc1cc(=O)n2cccc(C)c2n1. The van der Waals surface area contributed by atoms with Gasteiger partial charge < -0.3 is 14.8 Å². The molecule has 1 aromatic carbocycles. The lowest BCUT2D eigenvalue weighted by Crippen LogP contribution is -2.31. The summed E-state index contributed by atoms with van der Waals surface area (Å²) in [5.41, 5.74) is 1.75. The fraction of sp³-hybridized carbons (Fsp3) is 0.238. The van der Waals surface area contributed by atoms with Crippen molar-refractivity contribution in [2.75, 3.05) is 13.2 Å². The van der Waals surface area contributed by atoms with Crippen molar-refractivity contribution >= 4 is 17.5 Å². The Balaban J connectivity index is 1.59. The van der Waals surface area contributed by atoms with Gasteiger partial charge in [0, 0.05) is 12.3 Å². The first-order chi connectivity index (χ1) is 14.0. The molecular formula is C21H21N3O5. The third-order valence-electron chi connectivity index (χ3n) is 4.15. The zero-order chi connectivity index (χ0) is 20.8. The standard InChI is InChI=1S/C21H21N3O5/c1-3-28-17-9-5-4-8-16(17)21(27)22-12-19(26)29-13-15-11-18(25)24-10-6-7-14(2)20(24)23-15/h4-11H,3,12-13H2,1-2H3,(H,22,27). The van der Waals surface area contributed by atoms with Crippen molar-refractivity contribution in [2.45, 2.75) is 20.5 Å². The molecule has 3 aromatic rings. The van der Waals surface area contributed by atoms with Crippen LogP contribution in [0.3, 0.4) is 0 Å². The summed E-state index contributed by atoms with van der Waals surface area (Å²) in [4.78, 5) is 40.8. The molecule has 0 unspecified atom stereocenters. The van der Waals surface area contributed by atoms with Crippen LogP contribution in [0.5, 0.6) is 5.75 Å². The number of fused-ring (bicyclic) bond motifs is 1. The quantitative estimate of drug-likeness (QED) is 0.613. The molecule has 8 nitrogen and oxygen atoms in total. The summed E-state index contributed by atoms with van der Waals surface area (Å²) in [6.45, 7) is 3.60. The Morgan fingerprint density at radius 1 is 1.17 bits per heavy atom. The molecule has 3 rings (SSSR count). The van der Waals surface area contributed by atoms with E-state index >= 15 is 0 Å². The van der Waals surface area contributed by atoms with Crippen molar-refractivity contribution in [3.8, 4) is 5.75 Å². The lowest BCUT2D eigenvalue weighted by Gasteiger charge is -2.10. The lowest BCUT2D eigenvalue weighted by molar-refractivity contribution is -0.143. The van der Waals surface area contributed by atoms with Gasteiger partial charge in [0.1, 0.15) is 24.5 Å². The Morgan fingerprint density at radius 3 is 2.76 bits per heavy atom. The van der Waals surface area contributed by atoms with E-state index in [2.05, 4.69) is 10.3 Å². The molecule has 1 N–H and O–H groups in total. The molecule has 0 radical (unpaired) electrons. The second kappa shape index (κ2) is 9.01. The second-order valence-corrected chi connectivity index (χ2v) is 6.24. The van der Waals surface area contributed by atoms with Gasteiger partial charge in [0.2, 0.25) is 0 Å². The summed E-state index contributed by atoms with van der Waals surface area (Å²) in [5.74, 6) is -0.639. The molecule has 8 heteroatoms. The summed E-state index contributed by atoms with van der Waals surface area (Å²) in [7, 11) is 0. The Hall–Kier alpha value is -3.68. The first-order valence-electron chi connectivity index (χ1n) is 9.13. The molecule has 29 heavy (non-hydrogen) atoms. The molecule has 0 bridgehead atoms. The van der Waals surface area contributed by atoms with Crippen LogP contribution in [0.2, 0.25) is 0 Å². The Labute approximate surface area is 167 Å². The maximum atomic E-state index is 12.3. The highest BCUT2D eigenvalue weighted by Crippen LogP contribution is 2.17. The van der Waals surface area contributed by atoms with Crippen LogP contribution in [-0.4, -0.2) is 34.4 Å². The molecule has 2 heterocycles. The van der Waals surface area contributed by atoms with Crippen LogP contribution in [0.25, 0.3) is 5.65 Å². The number of carbonyl (C=O) groups excluding carboxylic acids is 2. The average Bonchev–Trinajstić information content (AvgIpc) is 2.72. The van der Waals surface area contributed by atoms with Gasteiger partial charge in [-0.3, -0.25) is 18.8 Å². The second-order valence-electron chi connectivity index (χ2n) is 6.24. The molecule has 0 spiro atoms. The molecule has 0 aliphatic carbocycles. The maximum absolute atomic E-state index is 12.3. The fourth-order valence-electron chi connectivity index (χ4n) is 2.77. The van der Waals surface area contributed by atoms with Gasteiger partial charge in [-0.2, -0.15) is 0 Å². The molecule has 0 saturated heterocycles. The Bertz CT molecular complexity index is 1110. The lowest BCUT2D eigenvalue weighted by atomic mass is 10.2. The number of ether oxygens (including phenoxy) is 2. The molecule has 0 fully saturated rings. The number of carbonyl (C=O) groups is 2. The number of aromatic nitrogens is 2. The molecule has 150 valence electrons. The summed E-state index contributed by atoms with van der Waals surface area (Å²) >= 11 is 0. The number of nitrogens with one attached hydrogen (secondary N) is 1. The number of aryl methyl sites for hydroxylation is 1. The predicted octanol–water partition coefficient (Wildman–Crippen LogP) is 1.87. The minimum atomic E-state index is -0.640. The maximum Gasteiger partial charge on any atom is 0.325 e. The number of para-hydroxylation sites is 1. The van der Waals surface area contributed by atoms with Crippen LogP contribution in [0.15, 0.2) is 53.5 Å². The molecule has 0 aliphatic heterocycles. The summed E-state index contributed by atoms with van der Waals surface area (Å²) < 4.78 is 12.0. The van der Waals surface area contributed by atoms with E-state index in [-0.39, 0.29) is 18.7 Å². The molecule has 1 amide bonds. The van der Waals surface area contributed by atoms with Gasteiger partial charge in [-0.05, 0) is 37.6 Å². The van der Waals surface area contributed by atoms with Gasteiger partial charge in [-0.15, -0.1) is 0 Å². The predicted molar refractivity (Wildman–Crippen MR) is 106 cm³/mol. The molecule has 0 aliphatic rings. The van der Waals surface area contributed by atoms with Gasteiger partial charge in [0.15, 0.2) is 0 Å². The summed E-state index contributed by atoms with van der Waals surface area (Å²) in [5, 5.41) is 2.50. The minimum absolute atomic E-state index is 0.162. The van der Waals surface area contributed by atoms with Crippen molar-refractivity contribution in [3.63, 3.8) is 0 Å². The topological polar surface area (TPSA) is 99.0 Å². The van der Waals surface area contributed by atoms with Crippen molar-refractivity contribution in [1.82, 2.24) is 14.7 Å². The van der Waals surface area contributed by atoms with Crippen molar-refractivity contribution in [1.29, 1.82) is 0 Å². The van der Waals surface area contributed by atoms with Crippen LogP contribution >= 0.6 is 0 Å². The van der Waals surface area contributed by atoms with Gasteiger partial charge >= 0.3 is 5.97 Å². The molecule has 0 atom stereocenters. The van der Waals surface area contributed by atoms with Crippen molar-refractivity contribution in [3.05, 3.63) is 75.8 Å². The number of pyridine rings is 1. The zero-order valence-electron chi connectivity index (χ0n) is 16.2. The number of hydrogen-bond donors (Lipinski definition) is 1. The van der Waals surface area contributed by atoms with Crippen LogP contribution in [-0.2, 0) is 16.1 Å². The number of benzene rings is 1. The van der Waals surface area contributed by atoms with Gasteiger partial charge in [-0.1, -0.05) is 18.2 Å². The van der Waals surface area contributed by atoms with Crippen LogP contribution < -0.4 is 15.6 Å². The highest BCUT2D eigenvalue weighted by molar-refractivity contribution is 5.98. The van der Waals surface area contributed by atoms with E-state index in [1.54, 1.807) is 36.5 Å². The normalized spacial score (nSPS) is 10.6.